The number of benzene rings is 1. The van der Waals surface area contributed by atoms with Gasteiger partial charge in [0, 0.05) is 18.2 Å². The normalized spacial score (nSPS) is 19.6. The van der Waals surface area contributed by atoms with E-state index in [0.29, 0.717) is 0 Å². The van der Waals surface area contributed by atoms with E-state index in [1.54, 1.807) is 11.5 Å². The van der Waals surface area contributed by atoms with Crippen molar-refractivity contribution in [3.8, 4) is 0 Å². The van der Waals surface area contributed by atoms with Crippen LogP contribution in [0.4, 0.5) is 0 Å². The fourth-order valence-electron chi connectivity index (χ4n) is 3.35. The van der Waals surface area contributed by atoms with Crippen molar-refractivity contribution in [2.24, 2.45) is 0 Å². The monoisotopic (exact) mass is 326 g/mol. The molecule has 1 aromatic carbocycles. The van der Waals surface area contributed by atoms with Gasteiger partial charge in [-0.2, -0.15) is 0 Å². The molecule has 0 N–H and O–H groups in total. The number of fused-ring (bicyclic) bond motifs is 1. The standard InChI is InChI=1S/C19H22N2O3/c1-3-24-19(23)16-12-20-17-15(11-14-7-5-4-6-8-14)10-9-13(2)21(17)18(16)22/h4-8,12-13,15H,3,9-11H2,1-2H3. The minimum Gasteiger partial charge on any atom is -0.462 e. The van der Waals surface area contributed by atoms with Gasteiger partial charge in [-0.15, -0.1) is 0 Å². The average molecular weight is 326 g/mol. The second-order valence-electron chi connectivity index (χ2n) is 6.24. The third-order valence-corrected chi connectivity index (χ3v) is 4.58. The Kier molecular flexibility index (Phi) is 4.79. The van der Waals surface area contributed by atoms with E-state index in [-0.39, 0.29) is 29.7 Å². The molecule has 1 aliphatic heterocycles. The van der Waals surface area contributed by atoms with Gasteiger partial charge in [0.1, 0.15) is 11.4 Å². The third kappa shape index (κ3) is 3.11. The largest absolute Gasteiger partial charge is 0.462 e. The second kappa shape index (κ2) is 6.99. The first-order valence-corrected chi connectivity index (χ1v) is 8.44. The molecule has 0 saturated heterocycles. The van der Waals surface area contributed by atoms with Crippen molar-refractivity contribution in [1.29, 1.82) is 0 Å². The Morgan fingerprint density at radius 1 is 1.29 bits per heavy atom. The van der Waals surface area contributed by atoms with Crippen LogP contribution in [0.1, 0.15) is 60.4 Å². The highest BCUT2D eigenvalue weighted by Crippen LogP contribution is 2.33. The van der Waals surface area contributed by atoms with Gasteiger partial charge in [0.05, 0.1) is 6.61 Å². The maximum Gasteiger partial charge on any atom is 0.345 e. The lowest BCUT2D eigenvalue weighted by Crippen LogP contribution is -2.36. The van der Waals surface area contributed by atoms with Crippen molar-refractivity contribution < 1.29 is 9.53 Å². The predicted molar refractivity (Wildman–Crippen MR) is 91.3 cm³/mol. The molecule has 2 unspecified atom stereocenters. The van der Waals surface area contributed by atoms with Crippen LogP contribution in [-0.4, -0.2) is 22.1 Å². The molecule has 2 atom stereocenters. The summed E-state index contributed by atoms with van der Waals surface area (Å²) in [6, 6.07) is 10.3. The molecule has 2 aromatic rings. The summed E-state index contributed by atoms with van der Waals surface area (Å²) in [4.78, 5) is 29.2. The van der Waals surface area contributed by atoms with Crippen molar-refractivity contribution >= 4 is 5.97 Å². The van der Waals surface area contributed by atoms with E-state index in [9.17, 15) is 9.59 Å². The highest BCUT2D eigenvalue weighted by Gasteiger charge is 2.29. The van der Waals surface area contributed by atoms with E-state index < -0.39 is 5.97 Å². The van der Waals surface area contributed by atoms with Crippen LogP contribution in [-0.2, 0) is 11.2 Å². The molecule has 0 bridgehead atoms. The molecular weight excluding hydrogens is 304 g/mol. The summed E-state index contributed by atoms with van der Waals surface area (Å²) in [6.07, 6.45) is 4.11. The van der Waals surface area contributed by atoms with Crippen LogP contribution < -0.4 is 5.56 Å². The SMILES string of the molecule is CCOC(=O)c1cnc2n(c1=O)C(C)CCC2Cc1ccccc1. The van der Waals surface area contributed by atoms with Crippen LogP contribution in [0.2, 0.25) is 0 Å². The molecule has 0 saturated carbocycles. The molecule has 5 heteroatoms. The lowest BCUT2D eigenvalue weighted by atomic mass is 9.89. The fourth-order valence-corrected chi connectivity index (χ4v) is 3.35. The number of aromatic nitrogens is 2. The van der Waals surface area contributed by atoms with Gasteiger partial charge < -0.3 is 4.74 Å². The number of rotatable bonds is 4. The van der Waals surface area contributed by atoms with Crippen molar-refractivity contribution in [2.45, 2.75) is 45.1 Å². The van der Waals surface area contributed by atoms with Crippen molar-refractivity contribution in [2.75, 3.05) is 6.61 Å². The summed E-state index contributed by atoms with van der Waals surface area (Å²) in [5, 5.41) is 0. The molecule has 126 valence electrons. The van der Waals surface area contributed by atoms with E-state index in [1.807, 2.05) is 25.1 Å². The molecule has 1 aliphatic rings. The molecule has 0 spiro atoms. The Bertz CT molecular complexity index is 783. The molecular formula is C19H22N2O3. The number of hydrogen-bond donors (Lipinski definition) is 0. The molecule has 3 rings (SSSR count). The number of ether oxygens (including phenoxy) is 1. The van der Waals surface area contributed by atoms with E-state index in [0.717, 1.165) is 25.1 Å². The fraction of sp³-hybridized carbons (Fsp3) is 0.421. The minimum absolute atomic E-state index is 0.0211. The third-order valence-electron chi connectivity index (χ3n) is 4.58. The number of carbonyl (C=O) groups is 1. The summed E-state index contributed by atoms with van der Waals surface area (Å²) in [5.74, 6) is 0.367. The molecule has 2 heterocycles. The minimum atomic E-state index is -0.595. The summed E-state index contributed by atoms with van der Waals surface area (Å²) in [7, 11) is 0. The average Bonchev–Trinajstić information content (AvgIpc) is 2.58. The number of esters is 1. The van der Waals surface area contributed by atoms with Gasteiger partial charge >= 0.3 is 5.97 Å². The highest BCUT2D eigenvalue weighted by atomic mass is 16.5. The van der Waals surface area contributed by atoms with Gasteiger partial charge in [-0.25, -0.2) is 9.78 Å². The lowest BCUT2D eigenvalue weighted by Gasteiger charge is -2.30. The molecule has 5 nitrogen and oxygen atoms in total. The Morgan fingerprint density at radius 2 is 2.04 bits per heavy atom. The molecule has 0 amide bonds. The van der Waals surface area contributed by atoms with Gasteiger partial charge in [0.2, 0.25) is 0 Å². The zero-order chi connectivity index (χ0) is 17.1. The van der Waals surface area contributed by atoms with Gasteiger partial charge in [-0.1, -0.05) is 30.3 Å². The van der Waals surface area contributed by atoms with E-state index in [4.69, 9.17) is 4.74 Å². The molecule has 0 aliphatic carbocycles. The first-order valence-electron chi connectivity index (χ1n) is 8.44. The zero-order valence-electron chi connectivity index (χ0n) is 14.1. The molecule has 1 aromatic heterocycles. The Morgan fingerprint density at radius 3 is 2.75 bits per heavy atom. The summed E-state index contributed by atoms with van der Waals surface area (Å²) < 4.78 is 6.65. The maximum absolute atomic E-state index is 12.8. The summed E-state index contributed by atoms with van der Waals surface area (Å²) in [5.41, 5.74) is 0.962. The lowest BCUT2D eigenvalue weighted by molar-refractivity contribution is 0.0522. The Labute approximate surface area is 141 Å². The highest BCUT2D eigenvalue weighted by molar-refractivity contribution is 5.88. The quantitative estimate of drug-likeness (QED) is 0.810. The smallest absolute Gasteiger partial charge is 0.345 e. The van der Waals surface area contributed by atoms with Gasteiger partial charge in [0.25, 0.3) is 5.56 Å². The van der Waals surface area contributed by atoms with Crippen LogP contribution in [0, 0.1) is 0 Å². The van der Waals surface area contributed by atoms with Gasteiger partial charge in [0.15, 0.2) is 0 Å². The van der Waals surface area contributed by atoms with E-state index >= 15 is 0 Å². The van der Waals surface area contributed by atoms with Crippen molar-refractivity contribution in [3.05, 3.63) is 63.8 Å². The van der Waals surface area contributed by atoms with Crippen molar-refractivity contribution in [1.82, 2.24) is 9.55 Å². The first kappa shape index (κ1) is 16.4. The number of carbonyl (C=O) groups excluding carboxylic acids is 1. The van der Waals surface area contributed by atoms with Gasteiger partial charge in [-0.3, -0.25) is 9.36 Å². The molecule has 0 radical (unpaired) electrons. The summed E-state index contributed by atoms with van der Waals surface area (Å²) >= 11 is 0. The Hall–Kier alpha value is -2.43. The number of hydrogen-bond acceptors (Lipinski definition) is 4. The van der Waals surface area contributed by atoms with Crippen LogP contribution >= 0.6 is 0 Å². The molecule has 0 fully saturated rings. The first-order chi connectivity index (χ1) is 11.6. The number of nitrogens with zero attached hydrogens (tertiary/aromatic N) is 2. The van der Waals surface area contributed by atoms with Crippen LogP contribution in [0.25, 0.3) is 0 Å². The molecule has 24 heavy (non-hydrogen) atoms. The van der Waals surface area contributed by atoms with E-state index in [2.05, 4.69) is 17.1 Å². The summed E-state index contributed by atoms with van der Waals surface area (Å²) in [6.45, 7) is 3.96. The predicted octanol–water partition coefficient (Wildman–Crippen LogP) is 3.10. The zero-order valence-corrected chi connectivity index (χ0v) is 14.1. The topological polar surface area (TPSA) is 61.2 Å². The van der Waals surface area contributed by atoms with Crippen molar-refractivity contribution in [3.63, 3.8) is 0 Å². The Balaban J connectivity index is 1.98. The van der Waals surface area contributed by atoms with Crippen LogP contribution in [0.15, 0.2) is 41.3 Å². The maximum atomic E-state index is 12.8. The van der Waals surface area contributed by atoms with Crippen LogP contribution in [0.5, 0.6) is 0 Å². The van der Waals surface area contributed by atoms with Crippen LogP contribution in [0.3, 0.4) is 0 Å². The second-order valence-corrected chi connectivity index (χ2v) is 6.24. The van der Waals surface area contributed by atoms with E-state index in [1.165, 1.54) is 11.8 Å². The van der Waals surface area contributed by atoms with Gasteiger partial charge in [-0.05, 0) is 38.7 Å².